The summed E-state index contributed by atoms with van der Waals surface area (Å²) in [6, 6.07) is 15.9. The molecule has 0 heterocycles. The molecule has 1 atom stereocenters. The molecule has 20 heavy (non-hydrogen) atoms. The summed E-state index contributed by atoms with van der Waals surface area (Å²) < 4.78 is 12.1. The van der Waals surface area contributed by atoms with Gasteiger partial charge in [-0.05, 0) is 35.4 Å². The van der Waals surface area contributed by atoms with E-state index in [1.165, 1.54) is 0 Å². The fourth-order valence-electron chi connectivity index (χ4n) is 1.90. The van der Waals surface area contributed by atoms with Gasteiger partial charge in [0.25, 0.3) is 0 Å². The van der Waals surface area contributed by atoms with Gasteiger partial charge in [0.15, 0.2) is 0 Å². The molecule has 0 aromatic heterocycles. The lowest BCUT2D eigenvalue weighted by Crippen LogP contribution is -2.15. The number of hydrogen-bond donors (Lipinski definition) is 1. The van der Waals surface area contributed by atoms with E-state index in [0.717, 1.165) is 21.3 Å². The zero-order valence-corrected chi connectivity index (χ0v) is 13.0. The average Bonchev–Trinajstić information content (AvgIpc) is 2.50. The van der Waals surface area contributed by atoms with Gasteiger partial charge in [0.05, 0.1) is 19.8 Å². The van der Waals surface area contributed by atoms with Crippen molar-refractivity contribution >= 4 is 15.9 Å². The number of ether oxygens (including phenoxy) is 2. The molecule has 0 aliphatic heterocycles. The molecule has 0 aliphatic rings. The summed E-state index contributed by atoms with van der Waals surface area (Å²) in [4.78, 5) is 0. The van der Waals surface area contributed by atoms with Crippen LogP contribution in [0.15, 0.2) is 53.0 Å². The molecule has 0 saturated carbocycles. The molecule has 0 amide bonds. The quantitative estimate of drug-likeness (QED) is 0.875. The maximum absolute atomic E-state index is 5.90. The van der Waals surface area contributed by atoms with Gasteiger partial charge < -0.3 is 15.2 Å². The molecule has 0 saturated heterocycles. The summed E-state index contributed by atoms with van der Waals surface area (Å²) in [5.41, 5.74) is 7.98. The Morgan fingerprint density at radius 1 is 1.05 bits per heavy atom. The zero-order valence-electron chi connectivity index (χ0n) is 11.4. The lowest BCUT2D eigenvalue weighted by Gasteiger charge is -2.16. The van der Waals surface area contributed by atoms with Crippen LogP contribution < -0.4 is 10.5 Å². The van der Waals surface area contributed by atoms with Gasteiger partial charge in [-0.1, -0.05) is 40.2 Å². The van der Waals surface area contributed by atoms with E-state index in [1.54, 1.807) is 7.11 Å². The molecule has 3 nitrogen and oxygen atoms in total. The number of hydrogen-bond acceptors (Lipinski definition) is 3. The average molecular weight is 336 g/mol. The number of benzene rings is 2. The van der Waals surface area contributed by atoms with Crippen molar-refractivity contribution in [1.29, 1.82) is 0 Å². The minimum absolute atomic E-state index is 0.0924. The standard InChI is InChI=1S/C16H18BrNO2/c1-19-15-8-2-12(3-9-15)11-20-16(10-18)13-4-6-14(17)7-5-13/h2-9,16H,10-11,18H2,1H3. The molecule has 1 unspecified atom stereocenters. The number of methoxy groups -OCH3 is 1. The van der Waals surface area contributed by atoms with Gasteiger partial charge in [0, 0.05) is 11.0 Å². The fraction of sp³-hybridized carbons (Fsp3) is 0.250. The lowest BCUT2D eigenvalue weighted by atomic mass is 10.1. The van der Waals surface area contributed by atoms with Crippen molar-refractivity contribution in [2.45, 2.75) is 12.7 Å². The van der Waals surface area contributed by atoms with E-state index >= 15 is 0 Å². The van der Waals surface area contributed by atoms with Gasteiger partial charge in [0.2, 0.25) is 0 Å². The second-order valence-corrected chi connectivity index (χ2v) is 5.35. The maximum atomic E-state index is 5.90. The predicted molar refractivity (Wildman–Crippen MR) is 83.7 cm³/mol. The highest BCUT2D eigenvalue weighted by atomic mass is 79.9. The summed E-state index contributed by atoms with van der Waals surface area (Å²) in [5, 5.41) is 0. The topological polar surface area (TPSA) is 44.5 Å². The van der Waals surface area contributed by atoms with Crippen molar-refractivity contribution in [3.05, 3.63) is 64.1 Å². The molecule has 2 rings (SSSR count). The highest BCUT2D eigenvalue weighted by Crippen LogP contribution is 2.21. The third-order valence-electron chi connectivity index (χ3n) is 3.07. The highest BCUT2D eigenvalue weighted by molar-refractivity contribution is 9.10. The first kappa shape index (κ1) is 15.0. The van der Waals surface area contributed by atoms with Gasteiger partial charge in [-0.15, -0.1) is 0 Å². The highest BCUT2D eigenvalue weighted by Gasteiger charge is 2.10. The lowest BCUT2D eigenvalue weighted by molar-refractivity contribution is 0.0456. The van der Waals surface area contributed by atoms with Gasteiger partial charge in [0.1, 0.15) is 5.75 Å². The van der Waals surface area contributed by atoms with E-state index in [9.17, 15) is 0 Å². The van der Waals surface area contributed by atoms with Crippen molar-refractivity contribution in [3.8, 4) is 5.75 Å². The first-order chi connectivity index (χ1) is 9.72. The van der Waals surface area contributed by atoms with Crippen LogP contribution in [0.2, 0.25) is 0 Å². The minimum Gasteiger partial charge on any atom is -0.497 e. The van der Waals surface area contributed by atoms with E-state index in [4.69, 9.17) is 15.2 Å². The normalized spacial score (nSPS) is 12.2. The summed E-state index contributed by atoms with van der Waals surface area (Å²) in [6.45, 7) is 0.986. The molecule has 2 N–H and O–H groups in total. The molecule has 2 aromatic carbocycles. The minimum atomic E-state index is -0.0924. The largest absolute Gasteiger partial charge is 0.497 e. The van der Waals surface area contributed by atoms with Crippen LogP contribution in [-0.4, -0.2) is 13.7 Å². The Morgan fingerprint density at radius 2 is 1.70 bits per heavy atom. The van der Waals surface area contributed by atoms with Gasteiger partial charge in [-0.2, -0.15) is 0 Å². The van der Waals surface area contributed by atoms with Crippen molar-refractivity contribution < 1.29 is 9.47 Å². The Labute approximate surface area is 127 Å². The Morgan fingerprint density at radius 3 is 2.25 bits per heavy atom. The van der Waals surface area contributed by atoms with Crippen LogP contribution in [0.25, 0.3) is 0 Å². The maximum Gasteiger partial charge on any atom is 0.118 e. The van der Waals surface area contributed by atoms with Crippen molar-refractivity contribution in [2.75, 3.05) is 13.7 Å². The SMILES string of the molecule is COc1ccc(COC(CN)c2ccc(Br)cc2)cc1. The second-order valence-electron chi connectivity index (χ2n) is 4.43. The van der Waals surface area contributed by atoms with Crippen LogP contribution >= 0.6 is 15.9 Å². The van der Waals surface area contributed by atoms with Crippen LogP contribution in [0.1, 0.15) is 17.2 Å². The van der Waals surface area contributed by atoms with Gasteiger partial charge in [-0.3, -0.25) is 0 Å². The Hall–Kier alpha value is -1.36. The predicted octanol–water partition coefficient (Wildman–Crippen LogP) is 3.67. The van der Waals surface area contributed by atoms with Crippen LogP contribution in [-0.2, 0) is 11.3 Å². The van der Waals surface area contributed by atoms with E-state index in [0.29, 0.717) is 13.2 Å². The molecule has 0 spiro atoms. The molecular weight excluding hydrogens is 318 g/mol. The van der Waals surface area contributed by atoms with Gasteiger partial charge in [-0.25, -0.2) is 0 Å². The smallest absolute Gasteiger partial charge is 0.118 e. The Kier molecular flexibility index (Phi) is 5.59. The monoisotopic (exact) mass is 335 g/mol. The Bertz CT molecular complexity index is 525. The van der Waals surface area contributed by atoms with Crippen molar-refractivity contribution in [3.63, 3.8) is 0 Å². The molecule has 0 bridgehead atoms. The van der Waals surface area contributed by atoms with Crippen molar-refractivity contribution in [1.82, 2.24) is 0 Å². The van der Waals surface area contributed by atoms with E-state index in [2.05, 4.69) is 15.9 Å². The first-order valence-corrected chi connectivity index (χ1v) is 7.22. The molecular formula is C16H18BrNO2. The number of rotatable bonds is 6. The van der Waals surface area contributed by atoms with E-state index in [-0.39, 0.29) is 6.10 Å². The van der Waals surface area contributed by atoms with Crippen molar-refractivity contribution in [2.24, 2.45) is 5.73 Å². The second kappa shape index (κ2) is 7.43. The summed E-state index contributed by atoms with van der Waals surface area (Å²) >= 11 is 3.42. The van der Waals surface area contributed by atoms with E-state index < -0.39 is 0 Å². The molecule has 106 valence electrons. The third kappa shape index (κ3) is 4.07. The van der Waals surface area contributed by atoms with Crippen LogP contribution in [0, 0.1) is 0 Å². The van der Waals surface area contributed by atoms with Crippen LogP contribution in [0.4, 0.5) is 0 Å². The van der Waals surface area contributed by atoms with E-state index in [1.807, 2.05) is 48.5 Å². The summed E-state index contributed by atoms with van der Waals surface area (Å²) in [5.74, 6) is 0.844. The van der Waals surface area contributed by atoms with Crippen LogP contribution in [0.5, 0.6) is 5.75 Å². The number of halogens is 1. The van der Waals surface area contributed by atoms with Crippen LogP contribution in [0.3, 0.4) is 0 Å². The molecule has 0 aliphatic carbocycles. The molecule has 4 heteroatoms. The summed E-state index contributed by atoms with van der Waals surface area (Å²) in [6.07, 6.45) is -0.0924. The fourth-order valence-corrected chi connectivity index (χ4v) is 2.16. The third-order valence-corrected chi connectivity index (χ3v) is 3.59. The van der Waals surface area contributed by atoms with Gasteiger partial charge >= 0.3 is 0 Å². The first-order valence-electron chi connectivity index (χ1n) is 6.43. The molecule has 0 fully saturated rings. The number of nitrogens with two attached hydrogens (primary N) is 1. The Balaban J connectivity index is 1.97. The zero-order chi connectivity index (χ0) is 14.4. The summed E-state index contributed by atoms with van der Waals surface area (Å²) in [7, 11) is 1.66. The molecule has 2 aromatic rings. The molecule has 0 radical (unpaired) electrons.